The first kappa shape index (κ1) is 12.1. The fourth-order valence-corrected chi connectivity index (χ4v) is 2.59. The van der Waals surface area contributed by atoms with Gasteiger partial charge in [-0.25, -0.2) is 0 Å². The van der Waals surface area contributed by atoms with Crippen molar-refractivity contribution in [3.05, 3.63) is 65.2 Å². The highest BCUT2D eigenvalue weighted by molar-refractivity contribution is 6.33. The minimum Gasteiger partial charge on any atom is -0.369 e. The topological polar surface area (TPSA) is 41.6 Å². The average Bonchev–Trinajstić information content (AvgIpc) is 2.82. The summed E-state index contributed by atoms with van der Waals surface area (Å²) in [5.74, 6) is 0.516. The van der Waals surface area contributed by atoms with Crippen molar-refractivity contribution in [1.29, 1.82) is 0 Å². The van der Waals surface area contributed by atoms with Crippen LogP contribution in [-0.4, -0.2) is 12.5 Å². The van der Waals surface area contributed by atoms with Crippen molar-refractivity contribution in [3.63, 3.8) is 0 Å². The normalized spacial score (nSPS) is 18.5. The molecule has 3 rings (SSSR count). The molecule has 1 atom stereocenters. The van der Waals surface area contributed by atoms with Crippen LogP contribution in [0.1, 0.15) is 11.6 Å². The molecule has 0 amide bonds. The van der Waals surface area contributed by atoms with E-state index in [1.807, 2.05) is 47.4 Å². The molecule has 1 unspecified atom stereocenters. The Morgan fingerprint density at radius 3 is 2.47 bits per heavy atom. The lowest BCUT2D eigenvalue weighted by Gasteiger charge is -2.27. The minimum atomic E-state index is 0.112. The number of halogens is 1. The van der Waals surface area contributed by atoms with E-state index in [1.54, 1.807) is 0 Å². The van der Waals surface area contributed by atoms with Crippen LogP contribution in [0.4, 0.5) is 5.69 Å². The number of hydrogen-bond acceptors (Lipinski definition) is 3. The zero-order valence-corrected chi connectivity index (χ0v) is 11.1. The van der Waals surface area contributed by atoms with Gasteiger partial charge in [0.1, 0.15) is 0 Å². The van der Waals surface area contributed by atoms with Crippen LogP contribution in [0.25, 0.3) is 0 Å². The fraction of sp³-hybridized carbons (Fsp3) is 0.133. The van der Waals surface area contributed by atoms with Crippen LogP contribution in [-0.2, 0) is 0 Å². The Labute approximate surface area is 117 Å². The third-order valence-corrected chi connectivity index (χ3v) is 3.60. The van der Waals surface area contributed by atoms with Gasteiger partial charge in [-0.3, -0.25) is 4.99 Å². The van der Waals surface area contributed by atoms with Crippen LogP contribution in [0.15, 0.2) is 59.6 Å². The van der Waals surface area contributed by atoms with Crippen LogP contribution in [0.3, 0.4) is 0 Å². The molecule has 96 valence electrons. The van der Waals surface area contributed by atoms with Gasteiger partial charge in [0, 0.05) is 0 Å². The summed E-state index contributed by atoms with van der Waals surface area (Å²) >= 11 is 6.27. The van der Waals surface area contributed by atoms with E-state index in [9.17, 15) is 0 Å². The highest BCUT2D eigenvalue weighted by Gasteiger charge is 2.29. The van der Waals surface area contributed by atoms with E-state index in [0.717, 1.165) is 5.69 Å². The maximum absolute atomic E-state index is 6.27. The summed E-state index contributed by atoms with van der Waals surface area (Å²) in [6.07, 6.45) is 0. The first-order chi connectivity index (χ1) is 9.27. The van der Waals surface area contributed by atoms with Crippen molar-refractivity contribution >= 4 is 23.2 Å². The molecule has 0 aromatic heterocycles. The Bertz CT molecular complexity index is 610. The van der Waals surface area contributed by atoms with E-state index >= 15 is 0 Å². The quantitative estimate of drug-likeness (QED) is 0.911. The number of para-hydroxylation sites is 1. The summed E-state index contributed by atoms with van der Waals surface area (Å²) in [7, 11) is 0. The van der Waals surface area contributed by atoms with Crippen LogP contribution in [0.2, 0.25) is 5.02 Å². The number of aliphatic imine (C=N–C) groups is 1. The number of nitrogens with two attached hydrogens (primary N) is 1. The van der Waals surface area contributed by atoms with E-state index in [1.165, 1.54) is 5.56 Å². The molecule has 0 spiro atoms. The summed E-state index contributed by atoms with van der Waals surface area (Å²) in [5.41, 5.74) is 8.11. The molecule has 0 radical (unpaired) electrons. The van der Waals surface area contributed by atoms with Crippen molar-refractivity contribution in [2.24, 2.45) is 10.7 Å². The van der Waals surface area contributed by atoms with Gasteiger partial charge in [-0.2, -0.15) is 0 Å². The van der Waals surface area contributed by atoms with Crippen molar-refractivity contribution in [2.75, 3.05) is 11.4 Å². The van der Waals surface area contributed by atoms with Crippen molar-refractivity contribution in [2.45, 2.75) is 6.04 Å². The largest absolute Gasteiger partial charge is 0.369 e. The molecule has 0 bridgehead atoms. The second-order valence-electron chi connectivity index (χ2n) is 4.45. The molecule has 2 aromatic rings. The number of nitrogens with zero attached hydrogens (tertiary/aromatic N) is 2. The van der Waals surface area contributed by atoms with Crippen molar-refractivity contribution < 1.29 is 0 Å². The van der Waals surface area contributed by atoms with Crippen molar-refractivity contribution in [3.8, 4) is 0 Å². The van der Waals surface area contributed by atoms with Gasteiger partial charge in [0.15, 0.2) is 5.96 Å². The summed E-state index contributed by atoms with van der Waals surface area (Å²) in [6, 6.07) is 18.0. The summed E-state index contributed by atoms with van der Waals surface area (Å²) in [4.78, 5) is 6.35. The average molecular weight is 272 g/mol. The summed E-state index contributed by atoms with van der Waals surface area (Å²) < 4.78 is 0. The molecule has 1 aliphatic rings. The molecule has 1 heterocycles. The zero-order valence-electron chi connectivity index (χ0n) is 10.3. The molecular formula is C15H14ClN3. The summed E-state index contributed by atoms with van der Waals surface area (Å²) in [6.45, 7) is 0.654. The fourth-order valence-electron chi connectivity index (χ4n) is 2.37. The predicted molar refractivity (Wildman–Crippen MR) is 79.6 cm³/mol. The lowest BCUT2D eigenvalue weighted by atomic mass is 10.1. The Morgan fingerprint density at radius 2 is 1.74 bits per heavy atom. The van der Waals surface area contributed by atoms with E-state index in [-0.39, 0.29) is 6.04 Å². The molecule has 0 fully saturated rings. The van der Waals surface area contributed by atoms with Crippen LogP contribution in [0.5, 0.6) is 0 Å². The van der Waals surface area contributed by atoms with Crippen LogP contribution in [0, 0.1) is 0 Å². The van der Waals surface area contributed by atoms with Gasteiger partial charge in [-0.05, 0) is 17.7 Å². The third-order valence-electron chi connectivity index (χ3n) is 3.28. The standard InChI is InChI=1S/C15H14ClN3/c16-12-8-4-5-9-13(12)19-14(10-18-15(19)17)11-6-2-1-3-7-11/h1-9,14H,10H2,(H2,17,18). The Balaban J connectivity index is 2.02. The third kappa shape index (κ3) is 2.17. The van der Waals surface area contributed by atoms with Gasteiger partial charge in [-0.15, -0.1) is 0 Å². The first-order valence-corrected chi connectivity index (χ1v) is 6.54. The number of guanidine groups is 1. The lowest BCUT2D eigenvalue weighted by Crippen LogP contribution is -2.36. The van der Waals surface area contributed by atoms with Gasteiger partial charge in [-0.1, -0.05) is 54.1 Å². The van der Waals surface area contributed by atoms with Gasteiger partial charge in [0.25, 0.3) is 0 Å². The minimum absolute atomic E-state index is 0.112. The van der Waals surface area contributed by atoms with Gasteiger partial charge in [0.2, 0.25) is 0 Å². The maximum Gasteiger partial charge on any atom is 0.196 e. The second kappa shape index (κ2) is 4.94. The molecular weight excluding hydrogens is 258 g/mol. The highest BCUT2D eigenvalue weighted by Crippen LogP contribution is 2.35. The van der Waals surface area contributed by atoms with E-state index in [4.69, 9.17) is 17.3 Å². The Kier molecular flexibility index (Phi) is 3.13. The Morgan fingerprint density at radius 1 is 1.05 bits per heavy atom. The number of anilines is 1. The zero-order chi connectivity index (χ0) is 13.2. The molecule has 0 saturated carbocycles. The van der Waals surface area contributed by atoms with Crippen molar-refractivity contribution in [1.82, 2.24) is 0 Å². The Hall–Kier alpha value is -2.00. The number of rotatable bonds is 2. The molecule has 0 aliphatic carbocycles. The molecule has 2 aromatic carbocycles. The molecule has 3 nitrogen and oxygen atoms in total. The molecule has 2 N–H and O–H groups in total. The van der Waals surface area contributed by atoms with Gasteiger partial charge < -0.3 is 10.6 Å². The van der Waals surface area contributed by atoms with E-state index < -0.39 is 0 Å². The monoisotopic (exact) mass is 271 g/mol. The number of hydrogen-bond donors (Lipinski definition) is 1. The molecule has 19 heavy (non-hydrogen) atoms. The smallest absolute Gasteiger partial charge is 0.196 e. The molecule has 1 aliphatic heterocycles. The molecule has 4 heteroatoms. The van der Waals surface area contributed by atoms with Gasteiger partial charge >= 0.3 is 0 Å². The summed E-state index contributed by atoms with van der Waals surface area (Å²) in [5, 5.41) is 0.684. The van der Waals surface area contributed by atoms with Crippen LogP contribution < -0.4 is 10.6 Å². The van der Waals surface area contributed by atoms with Crippen LogP contribution >= 0.6 is 11.6 Å². The van der Waals surface area contributed by atoms with E-state index in [2.05, 4.69) is 17.1 Å². The molecule has 0 saturated heterocycles. The first-order valence-electron chi connectivity index (χ1n) is 6.16. The SMILES string of the molecule is NC1=NCC(c2ccccc2)N1c1ccccc1Cl. The highest BCUT2D eigenvalue weighted by atomic mass is 35.5. The number of benzene rings is 2. The van der Waals surface area contributed by atoms with E-state index in [0.29, 0.717) is 17.5 Å². The lowest BCUT2D eigenvalue weighted by molar-refractivity contribution is 0.769. The van der Waals surface area contributed by atoms with Gasteiger partial charge in [0.05, 0.1) is 23.3 Å². The second-order valence-corrected chi connectivity index (χ2v) is 4.85. The predicted octanol–water partition coefficient (Wildman–Crippen LogP) is 3.22. The maximum atomic E-state index is 6.27.